The highest BCUT2D eigenvalue weighted by atomic mass is 16.5. The van der Waals surface area contributed by atoms with E-state index in [0.29, 0.717) is 25.3 Å². The van der Waals surface area contributed by atoms with Crippen LogP contribution in [-0.2, 0) is 0 Å². The summed E-state index contributed by atoms with van der Waals surface area (Å²) >= 11 is 0. The maximum atomic E-state index is 13.0. The normalized spacial score (nSPS) is 22.9. The fourth-order valence-corrected chi connectivity index (χ4v) is 4.41. The van der Waals surface area contributed by atoms with E-state index in [4.69, 9.17) is 9.47 Å². The molecule has 2 heterocycles. The third-order valence-corrected chi connectivity index (χ3v) is 5.99. The van der Waals surface area contributed by atoms with Gasteiger partial charge in [-0.1, -0.05) is 0 Å². The van der Waals surface area contributed by atoms with Crippen LogP contribution in [0.15, 0.2) is 36.4 Å². The zero-order chi connectivity index (χ0) is 18.9. The first-order valence-electron chi connectivity index (χ1n) is 10.3. The SMILES string of the molecule is O=C1c2cc(OC[C@H]3CCCN3)ccc2-c2ccc(OC[C@H]3CCCN3)cc21. The number of hydrogen-bond donors (Lipinski definition) is 2. The molecule has 5 nitrogen and oxygen atoms in total. The Morgan fingerprint density at radius 1 is 0.750 bits per heavy atom. The van der Waals surface area contributed by atoms with Crippen molar-refractivity contribution in [2.75, 3.05) is 26.3 Å². The molecule has 2 aromatic rings. The Kier molecular flexibility index (Phi) is 4.79. The molecule has 2 N–H and O–H groups in total. The number of carbonyl (C=O) groups excluding carboxylic acids is 1. The van der Waals surface area contributed by atoms with Gasteiger partial charge in [-0.3, -0.25) is 4.79 Å². The van der Waals surface area contributed by atoms with Gasteiger partial charge in [-0.2, -0.15) is 0 Å². The van der Waals surface area contributed by atoms with E-state index in [2.05, 4.69) is 10.6 Å². The van der Waals surface area contributed by atoms with Crippen LogP contribution in [0.3, 0.4) is 0 Å². The number of carbonyl (C=O) groups is 1. The molecule has 146 valence electrons. The maximum absolute atomic E-state index is 13.0. The van der Waals surface area contributed by atoms with E-state index >= 15 is 0 Å². The first-order chi connectivity index (χ1) is 13.8. The minimum Gasteiger partial charge on any atom is -0.492 e. The van der Waals surface area contributed by atoms with Crippen molar-refractivity contribution >= 4 is 5.78 Å². The molecule has 0 radical (unpaired) electrons. The Morgan fingerprint density at radius 3 is 1.68 bits per heavy atom. The number of rotatable bonds is 6. The minimum atomic E-state index is 0.0545. The summed E-state index contributed by atoms with van der Waals surface area (Å²) in [6.07, 6.45) is 4.70. The highest BCUT2D eigenvalue weighted by Crippen LogP contribution is 2.40. The minimum absolute atomic E-state index is 0.0545. The predicted molar refractivity (Wildman–Crippen MR) is 108 cm³/mol. The maximum Gasteiger partial charge on any atom is 0.194 e. The Labute approximate surface area is 165 Å². The van der Waals surface area contributed by atoms with E-state index in [1.165, 1.54) is 12.8 Å². The molecular formula is C23H26N2O3. The van der Waals surface area contributed by atoms with Crippen LogP contribution in [0.2, 0.25) is 0 Å². The number of hydrogen-bond acceptors (Lipinski definition) is 5. The topological polar surface area (TPSA) is 59.6 Å². The molecule has 0 aromatic heterocycles. The van der Waals surface area contributed by atoms with Crippen LogP contribution in [0.5, 0.6) is 11.5 Å². The quantitative estimate of drug-likeness (QED) is 0.690. The zero-order valence-electron chi connectivity index (χ0n) is 16.0. The van der Waals surface area contributed by atoms with E-state index in [0.717, 1.165) is 59.7 Å². The van der Waals surface area contributed by atoms with Crippen molar-refractivity contribution in [3.8, 4) is 22.6 Å². The second-order valence-electron chi connectivity index (χ2n) is 7.95. The Bertz CT molecular complexity index is 812. The highest BCUT2D eigenvalue weighted by Gasteiger charge is 2.28. The summed E-state index contributed by atoms with van der Waals surface area (Å²) in [5, 5.41) is 6.86. The van der Waals surface area contributed by atoms with E-state index < -0.39 is 0 Å². The molecule has 1 aliphatic carbocycles. The lowest BCUT2D eigenvalue weighted by atomic mass is 10.1. The zero-order valence-corrected chi connectivity index (χ0v) is 16.0. The summed E-state index contributed by atoms with van der Waals surface area (Å²) in [5.41, 5.74) is 3.41. The van der Waals surface area contributed by atoms with E-state index in [-0.39, 0.29) is 5.78 Å². The third-order valence-electron chi connectivity index (χ3n) is 5.99. The molecule has 3 aliphatic rings. The molecule has 28 heavy (non-hydrogen) atoms. The molecule has 0 bridgehead atoms. The van der Waals surface area contributed by atoms with Gasteiger partial charge in [-0.25, -0.2) is 0 Å². The van der Waals surface area contributed by atoms with Crippen molar-refractivity contribution in [3.63, 3.8) is 0 Å². The van der Waals surface area contributed by atoms with Crippen LogP contribution in [0.4, 0.5) is 0 Å². The summed E-state index contributed by atoms with van der Waals surface area (Å²) < 4.78 is 11.9. The van der Waals surface area contributed by atoms with Gasteiger partial charge in [-0.15, -0.1) is 0 Å². The average molecular weight is 378 g/mol. The van der Waals surface area contributed by atoms with Crippen LogP contribution >= 0.6 is 0 Å². The average Bonchev–Trinajstić information content (AvgIpc) is 3.47. The van der Waals surface area contributed by atoms with Crippen LogP contribution in [-0.4, -0.2) is 44.2 Å². The van der Waals surface area contributed by atoms with Gasteiger partial charge in [0.15, 0.2) is 5.78 Å². The molecule has 0 unspecified atom stereocenters. The van der Waals surface area contributed by atoms with Crippen molar-refractivity contribution < 1.29 is 14.3 Å². The summed E-state index contributed by atoms with van der Waals surface area (Å²) in [4.78, 5) is 13.0. The Morgan fingerprint density at radius 2 is 1.25 bits per heavy atom. The van der Waals surface area contributed by atoms with Gasteiger partial charge in [0, 0.05) is 23.2 Å². The summed E-state index contributed by atoms with van der Waals surface area (Å²) in [6.45, 7) is 3.42. The Hall–Kier alpha value is -2.37. The van der Waals surface area contributed by atoms with Gasteiger partial charge < -0.3 is 20.1 Å². The number of fused-ring (bicyclic) bond motifs is 3. The molecule has 2 atom stereocenters. The standard InChI is InChI=1S/C23H26N2O3/c26-23-21-11-17(27-13-15-3-1-9-24-15)5-7-19(21)20-8-6-18(12-22(20)23)28-14-16-4-2-10-25-16/h5-8,11-12,15-16,24-25H,1-4,9-10,13-14H2/t15-,16-/m1/s1. The van der Waals surface area contributed by atoms with Gasteiger partial charge >= 0.3 is 0 Å². The fourth-order valence-electron chi connectivity index (χ4n) is 4.41. The lowest BCUT2D eigenvalue weighted by molar-refractivity contribution is 0.104. The molecular weight excluding hydrogens is 352 g/mol. The molecule has 2 aliphatic heterocycles. The second-order valence-corrected chi connectivity index (χ2v) is 7.95. The third kappa shape index (κ3) is 3.40. The lowest BCUT2D eigenvalue weighted by Crippen LogP contribution is -2.28. The number of ether oxygens (including phenoxy) is 2. The van der Waals surface area contributed by atoms with Crippen molar-refractivity contribution in [3.05, 3.63) is 47.5 Å². The summed E-state index contributed by atoms with van der Waals surface area (Å²) in [6, 6.07) is 12.5. The van der Waals surface area contributed by atoms with Crippen molar-refractivity contribution in [2.45, 2.75) is 37.8 Å². The monoisotopic (exact) mass is 378 g/mol. The van der Waals surface area contributed by atoms with Gasteiger partial charge in [0.25, 0.3) is 0 Å². The molecule has 5 heteroatoms. The molecule has 2 saturated heterocycles. The van der Waals surface area contributed by atoms with E-state index in [1.54, 1.807) is 0 Å². The smallest absolute Gasteiger partial charge is 0.194 e. The predicted octanol–water partition coefficient (Wildman–Crippen LogP) is 3.16. The number of benzene rings is 2. The highest BCUT2D eigenvalue weighted by molar-refractivity contribution is 6.22. The van der Waals surface area contributed by atoms with Crippen LogP contribution in [0, 0.1) is 0 Å². The van der Waals surface area contributed by atoms with Crippen molar-refractivity contribution in [2.24, 2.45) is 0 Å². The van der Waals surface area contributed by atoms with Gasteiger partial charge in [-0.05, 0) is 86.3 Å². The molecule has 0 amide bonds. The lowest BCUT2D eigenvalue weighted by Gasteiger charge is -2.13. The molecule has 0 spiro atoms. The van der Waals surface area contributed by atoms with Crippen LogP contribution in [0.25, 0.3) is 11.1 Å². The van der Waals surface area contributed by atoms with Gasteiger partial charge in [0.1, 0.15) is 24.7 Å². The summed E-state index contributed by atoms with van der Waals surface area (Å²) in [5.74, 6) is 1.58. The van der Waals surface area contributed by atoms with Crippen molar-refractivity contribution in [1.82, 2.24) is 10.6 Å². The van der Waals surface area contributed by atoms with Crippen LogP contribution in [0.1, 0.15) is 41.6 Å². The molecule has 2 aromatic carbocycles. The molecule has 5 rings (SSSR count). The Balaban J connectivity index is 1.30. The number of nitrogens with one attached hydrogen (secondary N) is 2. The summed E-state index contributed by atoms with van der Waals surface area (Å²) in [7, 11) is 0. The van der Waals surface area contributed by atoms with E-state index in [1.807, 2.05) is 36.4 Å². The van der Waals surface area contributed by atoms with Gasteiger partial charge in [0.2, 0.25) is 0 Å². The van der Waals surface area contributed by atoms with E-state index in [9.17, 15) is 4.79 Å². The molecule has 0 saturated carbocycles. The second kappa shape index (κ2) is 7.57. The first kappa shape index (κ1) is 17.7. The fraction of sp³-hybridized carbons (Fsp3) is 0.435. The first-order valence-corrected chi connectivity index (χ1v) is 10.3. The van der Waals surface area contributed by atoms with Crippen LogP contribution < -0.4 is 20.1 Å². The molecule has 2 fully saturated rings. The van der Waals surface area contributed by atoms with Gasteiger partial charge in [0.05, 0.1) is 0 Å². The number of ketones is 1. The van der Waals surface area contributed by atoms with Crippen molar-refractivity contribution in [1.29, 1.82) is 0 Å². The largest absolute Gasteiger partial charge is 0.492 e.